The molecule has 1 heterocycles. The van der Waals surface area contributed by atoms with Gasteiger partial charge in [0.15, 0.2) is 0 Å². The number of carbonyl (C=O) groups excluding carboxylic acids is 1. The van der Waals surface area contributed by atoms with Gasteiger partial charge in [-0.1, -0.05) is 6.07 Å². The number of nitrogens with zero attached hydrogens (tertiary/aromatic N) is 2. The van der Waals surface area contributed by atoms with Gasteiger partial charge in [0.05, 0.1) is 11.1 Å². The van der Waals surface area contributed by atoms with Crippen LogP contribution in [-0.4, -0.2) is 17.9 Å². The van der Waals surface area contributed by atoms with Crippen molar-refractivity contribution < 1.29 is 22.4 Å². The van der Waals surface area contributed by atoms with E-state index in [1.54, 1.807) is 12.1 Å². The predicted octanol–water partition coefficient (Wildman–Crippen LogP) is 3.52. The summed E-state index contributed by atoms with van der Waals surface area (Å²) in [6, 6.07) is 6.43. The molecule has 0 saturated carbocycles. The monoisotopic (exact) mass is 298 g/mol. The van der Waals surface area contributed by atoms with Crippen LogP contribution in [0.5, 0.6) is 0 Å². The van der Waals surface area contributed by atoms with Crippen molar-refractivity contribution in [3.8, 4) is 0 Å². The molecule has 0 N–H and O–H groups in total. The number of hydrogen-bond donors (Lipinski definition) is 0. The van der Waals surface area contributed by atoms with E-state index in [9.17, 15) is 22.4 Å². The quantitative estimate of drug-likeness (QED) is 0.795. The maximum atomic E-state index is 13.6. The van der Waals surface area contributed by atoms with Crippen molar-refractivity contribution in [1.29, 1.82) is 0 Å². The molecule has 2 aromatic rings. The molecule has 0 aliphatic rings. The molecule has 21 heavy (non-hydrogen) atoms. The fraction of sp³-hybridized carbons (Fsp3) is 0.143. The number of rotatable bonds is 2. The zero-order valence-electron chi connectivity index (χ0n) is 10.9. The summed E-state index contributed by atoms with van der Waals surface area (Å²) in [5.41, 5.74) is -1.74. The summed E-state index contributed by atoms with van der Waals surface area (Å²) < 4.78 is 51.5. The lowest BCUT2D eigenvalue weighted by Gasteiger charge is -2.17. The second-order valence-corrected chi connectivity index (χ2v) is 4.24. The number of carbonyl (C=O) groups is 1. The number of pyridine rings is 1. The zero-order chi connectivity index (χ0) is 15.6. The number of aromatic nitrogens is 1. The largest absolute Gasteiger partial charge is 0.416 e. The Morgan fingerprint density at radius 2 is 1.90 bits per heavy atom. The van der Waals surface area contributed by atoms with Crippen LogP contribution < -0.4 is 4.90 Å². The maximum absolute atomic E-state index is 13.6. The highest BCUT2D eigenvalue weighted by molar-refractivity contribution is 6.05. The molecule has 1 amide bonds. The van der Waals surface area contributed by atoms with Crippen molar-refractivity contribution in [2.75, 3.05) is 11.9 Å². The van der Waals surface area contributed by atoms with Gasteiger partial charge in [0.25, 0.3) is 5.91 Å². The van der Waals surface area contributed by atoms with Gasteiger partial charge in [0.2, 0.25) is 0 Å². The molecule has 2 rings (SSSR count). The molecule has 0 aliphatic carbocycles. The molecule has 0 aliphatic heterocycles. The van der Waals surface area contributed by atoms with Gasteiger partial charge in [-0.3, -0.25) is 9.69 Å². The van der Waals surface area contributed by atoms with E-state index in [2.05, 4.69) is 4.98 Å². The van der Waals surface area contributed by atoms with Crippen LogP contribution in [0.3, 0.4) is 0 Å². The summed E-state index contributed by atoms with van der Waals surface area (Å²) in [4.78, 5) is 17.0. The van der Waals surface area contributed by atoms with E-state index in [0.717, 1.165) is 4.90 Å². The van der Waals surface area contributed by atoms with Gasteiger partial charge in [0, 0.05) is 13.2 Å². The Bertz CT molecular complexity index is 656. The van der Waals surface area contributed by atoms with Gasteiger partial charge < -0.3 is 0 Å². The van der Waals surface area contributed by atoms with Crippen LogP contribution in [0.15, 0.2) is 42.6 Å². The molecule has 1 aromatic carbocycles. The highest BCUT2D eigenvalue weighted by atomic mass is 19.4. The molecule has 0 fully saturated rings. The molecule has 1 aromatic heterocycles. The second-order valence-electron chi connectivity index (χ2n) is 4.24. The molecule has 0 unspecified atom stereocenters. The molecular weight excluding hydrogens is 288 g/mol. The third-order valence-electron chi connectivity index (χ3n) is 2.82. The third-order valence-corrected chi connectivity index (χ3v) is 2.82. The third kappa shape index (κ3) is 3.18. The van der Waals surface area contributed by atoms with Gasteiger partial charge in [-0.25, -0.2) is 9.37 Å². The van der Waals surface area contributed by atoms with Crippen molar-refractivity contribution in [2.45, 2.75) is 6.18 Å². The Labute approximate surface area is 117 Å². The molecule has 7 heteroatoms. The normalized spacial score (nSPS) is 11.3. The van der Waals surface area contributed by atoms with Crippen LogP contribution in [0, 0.1) is 5.82 Å². The Morgan fingerprint density at radius 3 is 2.48 bits per heavy atom. The first kappa shape index (κ1) is 15.0. The number of alkyl halides is 3. The minimum atomic E-state index is -4.65. The second kappa shape index (κ2) is 5.51. The summed E-state index contributed by atoms with van der Waals surface area (Å²) in [6.07, 6.45) is -3.23. The van der Waals surface area contributed by atoms with Gasteiger partial charge in [-0.2, -0.15) is 13.2 Å². The van der Waals surface area contributed by atoms with Gasteiger partial charge in [-0.15, -0.1) is 0 Å². The SMILES string of the molecule is CN(C(=O)c1cc(C(F)(F)F)ccc1F)c1ccccn1. The van der Waals surface area contributed by atoms with E-state index in [1.165, 1.54) is 19.3 Å². The topological polar surface area (TPSA) is 33.2 Å². The van der Waals surface area contributed by atoms with E-state index >= 15 is 0 Å². The summed E-state index contributed by atoms with van der Waals surface area (Å²) >= 11 is 0. The van der Waals surface area contributed by atoms with E-state index in [4.69, 9.17) is 0 Å². The van der Waals surface area contributed by atoms with Gasteiger partial charge in [0.1, 0.15) is 11.6 Å². The lowest BCUT2D eigenvalue weighted by Crippen LogP contribution is -2.28. The van der Waals surface area contributed by atoms with Crippen LogP contribution >= 0.6 is 0 Å². The van der Waals surface area contributed by atoms with Crippen LogP contribution in [0.2, 0.25) is 0 Å². The summed E-state index contributed by atoms with van der Waals surface area (Å²) in [5.74, 6) is -1.72. The maximum Gasteiger partial charge on any atom is 0.416 e. The Kier molecular flexibility index (Phi) is 3.93. The molecule has 0 spiro atoms. The van der Waals surface area contributed by atoms with E-state index in [1.807, 2.05) is 0 Å². The number of halogens is 4. The fourth-order valence-electron chi connectivity index (χ4n) is 1.70. The summed E-state index contributed by atoms with van der Waals surface area (Å²) in [7, 11) is 1.31. The first-order valence-corrected chi connectivity index (χ1v) is 5.86. The Morgan fingerprint density at radius 1 is 1.19 bits per heavy atom. The fourth-order valence-corrected chi connectivity index (χ4v) is 1.70. The molecule has 0 radical (unpaired) electrons. The highest BCUT2D eigenvalue weighted by Crippen LogP contribution is 2.30. The minimum absolute atomic E-state index is 0.208. The van der Waals surface area contributed by atoms with Gasteiger partial charge in [-0.05, 0) is 30.3 Å². The zero-order valence-corrected chi connectivity index (χ0v) is 10.9. The minimum Gasteiger partial charge on any atom is -0.296 e. The average Bonchev–Trinajstić information content (AvgIpc) is 2.46. The van der Waals surface area contributed by atoms with Crippen molar-refractivity contribution in [3.63, 3.8) is 0 Å². The smallest absolute Gasteiger partial charge is 0.296 e. The number of hydrogen-bond acceptors (Lipinski definition) is 2. The van der Waals surface area contributed by atoms with Gasteiger partial charge >= 0.3 is 6.18 Å². The summed E-state index contributed by atoms with van der Waals surface area (Å²) in [6.45, 7) is 0. The van der Waals surface area contributed by atoms with Crippen LogP contribution in [0.25, 0.3) is 0 Å². The number of anilines is 1. The Hall–Kier alpha value is -2.44. The molecule has 110 valence electrons. The Balaban J connectivity index is 2.39. The first-order chi connectivity index (χ1) is 9.80. The van der Waals surface area contributed by atoms with Crippen LogP contribution in [-0.2, 0) is 6.18 Å². The van der Waals surface area contributed by atoms with Crippen molar-refractivity contribution in [1.82, 2.24) is 4.98 Å². The molecule has 0 bridgehead atoms. The molecule has 0 atom stereocenters. The predicted molar refractivity (Wildman–Crippen MR) is 68.4 cm³/mol. The first-order valence-electron chi connectivity index (χ1n) is 5.86. The molecule has 3 nitrogen and oxygen atoms in total. The van der Waals surface area contributed by atoms with Crippen LogP contribution in [0.1, 0.15) is 15.9 Å². The number of benzene rings is 1. The average molecular weight is 298 g/mol. The standard InChI is InChI=1S/C14H10F4N2O/c1-20(12-4-2-3-7-19-12)13(21)10-8-9(14(16,17)18)5-6-11(10)15/h2-8H,1H3. The van der Waals surface area contributed by atoms with Crippen molar-refractivity contribution in [3.05, 3.63) is 59.5 Å². The van der Waals surface area contributed by atoms with E-state index in [-0.39, 0.29) is 5.82 Å². The molecular formula is C14H10F4N2O. The molecule has 0 saturated heterocycles. The highest BCUT2D eigenvalue weighted by Gasteiger charge is 2.32. The lowest BCUT2D eigenvalue weighted by atomic mass is 10.1. The lowest BCUT2D eigenvalue weighted by molar-refractivity contribution is -0.137. The van der Waals surface area contributed by atoms with Crippen molar-refractivity contribution >= 4 is 11.7 Å². The van der Waals surface area contributed by atoms with Crippen molar-refractivity contribution in [2.24, 2.45) is 0 Å². The van der Waals surface area contributed by atoms with E-state index in [0.29, 0.717) is 18.2 Å². The van der Waals surface area contributed by atoms with E-state index < -0.39 is 29.0 Å². The van der Waals surface area contributed by atoms with Crippen LogP contribution in [0.4, 0.5) is 23.4 Å². The summed E-state index contributed by atoms with van der Waals surface area (Å²) in [5, 5.41) is 0. The number of amides is 1.